The number of benzene rings is 7. The number of aromatic hydroxyl groups is 2. The number of aryl methyl sites for hydroxylation is 8. The summed E-state index contributed by atoms with van der Waals surface area (Å²) in [6.07, 6.45) is 0. The molecule has 0 saturated heterocycles. The largest absolute Gasteiger partial charge is 0.505 e. The molecular weight excluding hydrogens is 1040 g/mol. The lowest BCUT2D eigenvalue weighted by molar-refractivity contribution is 0.279. The fourth-order valence-corrected chi connectivity index (χ4v) is 9.39. The quantitative estimate of drug-likeness (QED) is 0.0282. The van der Waals surface area contributed by atoms with E-state index in [1.54, 1.807) is 34.1 Å². The van der Waals surface area contributed by atoms with E-state index in [1.807, 2.05) is 128 Å². The molecule has 0 bridgehead atoms. The summed E-state index contributed by atoms with van der Waals surface area (Å²) in [5, 5.41) is 97.6. The molecule has 2 aromatic heterocycles. The van der Waals surface area contributed by atoms with Gasteiger partial charge in [0.2, 0.25) is 35.7 Å². The van der Waals surface area contributed by atoms with Crippen LogP contribution < -0.4 is 31.1 Å². The van der Waals surface area contributed by atoms with Crippen LogP contribution >= 0.6 is 0 Å². The molecule has 0 aliphatic carbocycles. The minimum Gasteiger partial charge on any atom is -0.505 e. The maximum atomic E-state index is 11.9. The van der Waals surface area contributed by atoms with Gasteiger partial charge in [-0.05, 0) is 171 Å². The molecule has 7 aromatic carbocycles. The molecular formula is C60H66N16O6. The Labute approximate surface area is 474 Å². The average Bonchev–Trinajstić information content (AvgIpc) is 2.92. The first-order valence-electron chi connectivity index (χ1n) is 26.7. The summed E-state index contributed by atoms with van der Waals surface area (Å²) in [7, 11) is 0. The molecule has 422 valence electrons. The Morgan fingerprint density at radius 2 is 0.732 bits per heavy atom. The summed E-state index contributed by atoms with van der Waals surface area (Å²) in [5.41, 5.74) is 11.3. The maximum Gasteiger partial charge on any atom is 0.233 e. The number of nitrogens with one attached hydrogen (secondary N) is 4. The Kier molecular flexibility index (Phi) is 17.7. The van der Waals surface area contributed by atoms with Gasteiger partial charge in [0.05, 0.1) is 49.2 Å². The molecule has 0 unspecified atom stereocenters. The van der Waals surface area contributed by atoms with Gasteiger partial charge in [0.15, 0.2) is 11.5 Å². The highest BCUT2D eigenvalue weighted by Gasteiger charge is 2.21. The van der Waals surface area contributed by atoms with Crippen molar-refractivity contribution in [2.75, 3.05) is 83.7 Å². The standard InChI is InChI=1S/C60H66N16O6/c1-33-9-11-37(5)45(27-33)71-73-51-39(7)31-41-25-35(3)29-47(49(41)53(51)81)63-57-65-55(67-59(69-57)75(17-21-77)18-22-78)61-43-13-15-44(16-14-43)62-56-66-58(70-60(68-56)76(19-23-79)20-24-80)64-48-30-36(4)26-42-32-40(8)52(54(82)50(42)48)74-72-46-28-34(2)10-12-38(46)6/h9-16,25-32,77-82H,17-24H2,1-8H3,(H2,61,63,65,67,69)(H2,62,64,66,68,70). The molecule has 22 nitrogen and oxygen atoms in total. The second-order valence-corrected chi connectivity index (χ2v) is 20.1. The Morgan fingerprint density at radius 1 is 0.378 bits per heavy atom. The predicted molar refractivity (Wildman–Crippen MR) is 322 cm³/mol. The van der Waals surface area contributed by atoms with Gasteiger partial charge in [-0.25, -0.2) is 0 Å². The highest BCUT2D eigenvalue weighted by atomic mass is 16.3. The van der Waals surface area contributed by atoms with E-state index in [0.29, 0.717) is 56.3 Å². The molecule has 0 fully saturated rings. The number of hydrogen-bond donors (Lipinski definition) is 10. The van der Waals surface area contributed by atoms with E-state index in [0.717, 1.165) is 55.3 Å². The summed E-state index contributed by atoms with van der Waals surface area (Å²) < 4.78 is 0. The van der Waals surface area contributed by atoms with E-state index in [1.165, 1.54) is 0 Å². The molecule has 0 saturated carbocycles. The number of hydrogen-bond acceptors (Lipinski definition) is 22. The van der Waals surface area contributed by atoms with Crippen molar-refractivity contribution in [1.29, 1.82) is 0 Å². The Hall–Kier alpha value is -9.48. The van der Waals surface area contributed by atoms with E-state index >= 15 is 0 Å². The van der Waals surface area contributed by atoms with Crippen LogP contribution in [-0.2, 0) is 0 Å². The van der Waals surface area contributed by atoms with Crippen molar-refractivity contribution >= 4 is 103 Å². The summed E-state index contributed by atoms with van der Waals surface area (Å²) >= 11 is 0. The van der Waals surface area contributed by atoms with Crippen molar-refractivity contribution in [1.82, 2.24) is 29.9 Å². The number of phenols is 2. The zero-order chi connectivity index (χ0) is 58.2. The van der Waals surface area contributed by atoms with Crippen molar-refractivity contribution in [3.63, 3.8) is 0 Å². The highest BCUT2D eigenvalue weighted by molar-refractivity contribution is 6.05. The average molecular weight is 1110 g/mol. The molecule has 0 spiro atoms. The summed E-state index contributed by atoms with van der Waals surface area (Å²) in [6, 6.07) is 30.5. The van der Waals surface area contributed by atoms with E-state index in [2.05, 4.69) is 41.7 Å². The molecule has 82 heavy (non-hydrogen) atoms. The number of anilines is 10. The number of phenolic OH excluding ortho intramolecular Hbond substituents is 2. The number of rotatable bonds is 22. The van der Waals surface area contributed by atoms with Crippen LogP contribution in [0.2, 0.25) is 0 Å². The van der Waals surface area contributed by atoms with Gasteiger partial charge >= 0.3 is 0 Å². The normalized spacial score (nSPS) is 11.6. The third kappa shape index (κ3) is 13.2. The molecule has 0 atom stereocenters. The van der Waals surface area contributed by atoms with Crippen LogP contribution in [-0.4, -0.2) is 113 Å². The minimum absolute atomic E-state index is 0.0821. The first-order valence-corrected chi connectivity index (χ1v) is 26.7. The third-order valence-electron chi connectivity index (χ3n) is 13.5. The zero-order valence-corrected chi connectivity index (χ0v) is 46.9. The smallest absolute Gasteiger partial charge is 0.233 e. The minimum atomic E-state index is -0.239. The monoisotopic (exact) mass is 1110 g/mol. The van der Waals surface area contributed by atoms with Crippen LogP contribution in [0.3, 0.4) is 0 Å². The molecule has 0 aliphatic rings. The van der Waals surface area contributed by atoms with Gasteiger partial charge in [-0.1, -0.05) is 36.4 Å². The van der Waals surface area contributed by atoms with Gasteiger partial charge < -0.3 is 61.7 Å². The summed E-state index contributed by atoms with van der Waals surface area (Å²) in [6.45, 7) is 15.0. The van der Waals surface area contributed by atoms with Gasteiger partial charge in [0, 0.05) is 48.3 Å². The highest BCUT2D eigenvalue weighted by Crippen LogP contribution is 2.45. The Morgan fingerprint density at radius 3 is 1.09 bits per heavy atom. The van der Waals surface area contributed by atoms with E-state index in [-0.39, 0.29) is 99.8 Å². The van der Waals surface area contributed by atoms with Crippen LogP contribution in [0, 0.1) is 55.4 Å². The number of nitrogens with zero attached hydrogens (tertiary/aromatic N) is 12. The van der Waals surface area contributed by atoms with E-state index in [9.17, 15) is 30.6 Å². The van der Waals surface area contributed by atoms with Crippen molar-refractivity contribution in [3.05, 3.63) is 142 Å². The lowest BCUT2D eigenvalue weighted by Crippen LogP contribution is -2.31. The van der Waals surface area contributed by atoms with E-state index in [4.69, 9.17) is 29.9 Å². The summed E-state index contributed by atoms with van der Waals surface area (Å²) in [4.78, 5) is 31.6. The zero-order valence-electron chi connectivity index (χ0n) is 46.9. The first-order chi connectivity index (χ1) is 39.5. The molecule has 10 N–H and O–H groups in total. The second-order valence-electron chi connectivity index (χ2n) is 20.1. The van der Waals surface area contributed by atoms with Crippen molar-refractivity contribution in [3.8, 4) is 11.5 Å². The number of aliphatic hydroxyl groups excluding tert-OH is 4. The van der Waals surface area contributed by atoms with Crippen LogP contribution in [0.4, 0.5) is 81.2 Å². The van der Waals surface area contributed by atoms with Crippen LogP contribution in [0.5, 0.6) is 11.5 Å². The van der Waals surface area contributed by atoms with Gasteiger partial charge in [0.25, 0.3) is 0 Å². The molecule has 22 heteroatoms. The van der Waals surface area contributed by atoms with Gasteiger partial charge in [-0.15, -0.1) is 10.2 Å². The summed E-state index contributed by atoms with van der Waals surface area (Å²) in [5.74, 6) is 0.621. The van der Waals surface area contributed by atoms with Crippen LogP contribution in [0.25, 0.3) is 21.5 Å². The molecule has 9 rings (SSSR count). The Bertz CT molecular complexity index is 3620. The SMILES string of the molecule is Cc1ccc(C)c(N=Nc2c(C)cc3cc(C)cc(Nc4nc(Nc5ccc(Nc6nc(Nc7cc(C)cc8cc(C)c(N=Nc9cc(C)ccc9C)c(O)c78)nc(N(CCO)CCO)n6)cc5)nc(N(CCO)CCO)n4)c3c2O)c1. The van der Waals surface area contributed by atoms with Crippen LogP contribution in [0.15, 0.2) is 118 Å². The molecule has 9 aromatic rings. The topological polar surface area (TPSA) is 303 Å². The van der Waals surface area contributed by atoms with Crippen molar-refractivity contribution in [2.45, 2.75) is 55.4 Å². The Balaban J connectivity index is 1.02. The fourth-order valence-electron chi connectivity index (χ4n) is 9.39. The van der Waals surface area contributed by atoms with E-state index < -0.39 is 0 Å². The van der Waals surface area contributed by atoms with Gasteiger partial charge in [-0.3, -0.25) is 0 Å². The number of fused-ring (bicyclic) bond motifs is 2. The third-order valence-corrected chi connectivity index (χ3v) is 13.5. The molecule has 2 heterocycles. The number of aromatic nitrogens is 6. The lowest BCUT2D eigenvalue weighted by Gasteiger charge is -2.22. The van der Waals surface area contributed by atoms with Crippen molar-refractivity contribution < 1.29 is 30.6 Å². The maximum absolute atomic E-state index is 11.9. The number of azo groups is 2. The fraction of sp³-hybridized carbons (Fsp3) is 0.267. The molecule has 0 amide bonds. The van der Waals surface area contributed by atoms with Gasteiger partial charge in [-0.2, -0.15) is 40.1 Å². The van der Waals surface area contributed by atoms with Crippen LogP contribution in [0.1, 0.15) is 44.5 Å². The molecule has 0 aliphatic heterocycles. The van der Waals surface area contributed by atoms with Gasteiger partial charge in [0.1, 0.15) is 11.4 Å². The van der Waals surface area contributed by atoms with Crippen molar-refractivity contribution in [2.24, 2.45) is 20.5 Å². The number of aliphatic hydroxyl groups is 4. The lowest BCUT2D eigenvalue weighted by atomic mass is 10.0. The second kappa shape index (κ2) is 25.3. The predicted octanol–water partition coefficient (Wildman–Crippen LogP) is 11.6. The first kappa shape index (κ1) is 57.2. The molecule has 0 radical (unpaired) electrons.